The second-order valence-corrected chi connectivity index (χ2v) is 3.64. The molecule has 0 atom stereocenters. The molecule has 0 bridgehead atoms. The lowest BCUT2D eigenvalue weighted by molar-refractivity contribution is 0.341. The van der Waals surface area contributed by atoms with Crippen LogP contribution in [0.15, 0.2) is 33.7 Å². The van der Waals surface area contributed by atoms with E-state index in [9.17, 15) is 4.79 Å². The molecule has 0 N–H and O–H groups in total. The molecule has 1 heterocycles. The van der Waals surface area contributed by atoms with Gasteiger partial charge in [0, 0.05) is 6.54 Å². The van der Waals surface area contributed by atoms with Crippen molar-refractivity contribution in [2.24, 2.45) is 0 Å². The lowest BCUT2D eigenvalue weighted by Gasteiger charge is -1.98. The summed E-state index contributed by atoms with van der Waals surface area (Å²) in [6.07, 6.45) is 4.03. The molecule has 0 unspecified atom stereocenters. The second-order valence-electron chi connectivity index (χ2n) is 3.64. The second kappa shape index (κ2) is 4.91. The van der Waals surface area contributed by atoms with Crippen LogP contribution in [0.5, 0.6) is 0 Å². The van der Waals surface area contributed by atoms with Crippen LogP contribution >= 0.6 is 0 Å². The van der Waals surface area contributed by atoms with E-state index in [1.807, 2.05) is 18.2 Å². The van der Waals surface area contributed by atoms with Crippen molar-refractivity contribution in [1.82, 2.24) is 4.57 Å². The molecule has 0 spiro atoms. The topological polar surface area (TPSA) is 44.4 Å². The molecule has 89 valence electrons. The van der Waals surface area contributed by atoms with Gasteiger partial charge in [-0.05, 0) is 30.2 Å². The maximum atomic E-state index is 11.6. The minimum atomic E-state index is -0.337. The van der Waals surface area contributed by atoms with Gasteiger partial charge in [-0.15, -0.1) is 0 Å². The molecule has 4 nitrogen and oxygen atoms in total. The monoisotopic (exact) mass is 232 g/mol. The Hall–Kier alpha value is -1.97. The fraction of sp³-hybridized carbons (Fsp3) is 0.231. The summed E-state index contributed by atoms with van der Waals surface area (Å²) in [6.45, 7) is 4.31. The highest BCUT2D eigenvalue weighted by molar-refractivity contribution is 5.76. The van der Waals surface area contributed by atoms with Crippen molar-refractivity contribution in [2.45, 2.75) is 13.0 Å². The van der Waals surface area contributed by atoms with E-state index in [1.165, 1.54) is 0 Å². The van der Waals surface area contributed by atoms with Gasteiger partial charge in [0.25, 0.3) is 0 Å². The van der Waals surface area contributed by atoms with E-state index in [-0.39, 0.29) is 5.76 Å². The Morgan fingerprint density at radius 2 is 2.35 bits per heavy atom. The quantitative estimate of drug-likeness (QED) is 0.760. The number of hydrogen-bond acceptors (Lipinski definition) is 3. The van der Waals surface area contributed by atoms with Crippen molar-refractivity contribution >= 4 is 17.2 Å². The predicted octanol–water partition coefficient (Wildman–Crippen LogP) is 2.44. The third-order valence-corrected chi connectivity index (χ3v) is 2.47. The maximum absolute atomic E-state index is 11.6. The zero-order chi connectivity index (χ0) is 12.3. The Kier molecular flexibility index (Phi) is 3.32. The van der Waals surface area contributed by atoms with Crippen LogP contribution in [0.3, 0.4) is 0 Å². The Balaban J connectivity index is 2.50. The molecule has 0 aliphatic heterocycles. The third kappa shape index (κ3) is 2.25. The van der Waals surface area contributed by atoms with Crippen LogP contribution in [0.25, 0.3) is 17.2 Å². The average Bonchev–Trinajstić information content (AvgIpc) is 2.63. The van der Waals surface area contributed by atoms with Gasteiger partial charge < -0.3 is 9.15 Å². The van der Waals surface area contributed by atoms with Crippen molar-refractivity contribution < 1.29 is 9.15 Å². The van der Waals surface area contributed by atoms with Crippen LogP contribution in [0.1, 0.15) is 12.0 Å². The molecule has 1 aromatic carbocycles. The molecule has 1 radical (unpaired) electrons. The fourth-order valence-electron chi connectivity index (χ4n) is 1.70. The summed E-state index contributed by atoms with van der Waals surface area (Å²) >= 11 is 0. The number of benzene rings is 1. The molecule has 0 saturated carbocycles. The van der Waals surface area contributed by atoms with Crippen LogP contribution in [0, 0.1) is 6.92 Å². The molecule has 0 aliphatic rings. The van der Waals surface area contributed by atoms with Gasteiger partial charge in [0.2, 0.25) is 0 Å². The largest absolute Gasteiger partial charge is 0.504 e. The summed E-state index contributed by atoms with van der Waals surface area (Å²) in [4.78, 5) is 11.6. The lowest BCUT2D eigenvalue weighted by Crippen LogP contribution is -2.13. The van der Waals surface area contributed by atoms with Gasteiger partial charge in [-0.3, -0.25) is 4.57 Å². The van der Waals surface area contributed by atoms with Crippen molar-refractivity contribution in [1.29, 1.82) is 0 Å². The van der Waals surface area contributed by atoms with Crippen molar-refractivity contribution in [2.75, 3.05) is 7.11 Å². The number of aryl methyl sites for hydroxylation is 1. The first kappa shape index (κ1) is 11.5. The van der Waals surface area contributed by atoms with Crippen LogP contribution in [-0.2, 0) is 11.3 Å². The molecular formula is C13H14NO3. The summed E-state index contributed by atoms with van der Waals surface area (Å²) in [5, 5.41) is 0. The SMILES string of the molecule is [CH2]CCn1c(=O)oc2cc(C=COC)ccc21. The van der Waals surface area contributed by atoms with E-state index in [0.29, 0.717) is 18.5 Å². The first-order valence-corrected chi connectivity index (χ1v) is 5.38. The Labute approximate surface area is 99.1 Å². The van der Waals surface area contributed by atoms with Crippen LogP contribution in [-0.4, -0.2) is 11.7 Å². The third-order valence-electron chi connectivity index (χ3n) is 2.47. The van der Waals surface area contributed by atoms with Crippen LogP contribution in [0.2, 0.25) is 0 Å². The van der Waals surface area contributed by atoms with Crippen molar-refractivity contribution in [3.63, 3.8) is 0 Å². The smallest absolute Gasteiger partial charge is 0.419 e. The van der Waals surface area contributed by atoms with Gasteiger partial charge >= 0.3 is 5.76 Å². The number of rotatable bonds is 4. The Bertz CT molecular complexity index is 592. The molecule has 0 saturated heterocycles. The standard InChI is InChI=1S/C13H14NO3/c1-3-7-14-11-5-4-10(6-8-16-2)9-12(11)17-13(14)15/h4-6,8-9H,1,3,7H2,2H3. The summed E-state index contributed by atoms with van der Waals surface area (Å²) < 4.78 is 11.6. The fourth-order valence-corrected chi connectivity index (χ4v) is 1.70. The minimum Gasteiger partial charge on any atom is -0.504 e. The highest BCUT2D eigenvalue weighted by Crippen LogP contribution is 2.16. The van der Waals surface area contributed by atoms with Gasteiger partial charge in [-0.2, -0.15) is 0 Å². The van der Waals surface area contributed by atoms with Gasteiger partial charge in [0.05, 0.1) is 18.9 Å². The van der Waals surface area contributed by atoms with E-state index >= 15 is 0 Å². The van der Waals surface area contributed by atoms with E-state index < -0.39 is 0 Å². The van der Waals surface area contributed by atoms with E-state index in [4.69, 9.17) is 9.15 Å². The first-order valence-electron chi connectivity index (χ1n) is 5.38. The molecule has 17 heavy (non-hydrogen) atoms. The molecule has 1 aromatic heterocycles. The lowest BCUT2D eigenvalue weighted by atomic mass is 10.2. The van der Waals surface area contributed by atoms with Crippen LogP contribution < -0.4 is 5.76 Å². The van der Waals surface area contributed by atoms with Crippen molar-refractivity contribution in [3.8, 4) is 0 Å². The maximum Gasteiger partial charge on any atom is 0.419 e. The Morgan fingerprint density at radius 3 is 3.06 bits per heavy atom. The molecule has 0 amide bonds. The van der Waals surface area contributed by atoms with Gasteiger partial charge in [-0.25, -0.2) is 4.79 Å². The number of ether oxygens (including phenoxy) is 1. The molecule has 2 rings (SSSR count). The highest BCUT2D eigenvalue weighted by atomic mass is 16.5. The first-order chi connectivity index (χ1) is 8.26. The van der Waals surface area contributed by atoms with Gasteiger partial charge in [-0.1, -0.05) is 13.0 Å². The van der Waals surface area contributed by atoms with E-state index in [1.54, 1.807) is 24.0 Å². The summed E-state index contributed by atoms with van der Waals surface area (Å²) in [6, 6.07) is 5.59. The van der Waals surface area contributed by atoms with E-state index in [0.717, 1.165) is 11.1 Å². The summed E-state index contributed by atoms with van der Waals surface area (Å²) in [7, 11) is 1.58. The number of hydrogen-bond donors (Lipinski definition) is 0. The average molecular weight is 232 g/mol. The molecule has 2 aromatic rings. The van der Waals surface area contributed by atoms with Crippen LogP contribution in [0.4, 0.5) is 0 Å². The number of oxazole rings is 1. The predicted molar refractivity (Wildman–Crippen MR) is 66.5 cm³/mol. The van der Waals surface area contributed by atoms with Gasteiger partial charge in [0.15, 0.2) is 5.58 Å². The van der Waals surface area contributed by atoms with Gasteiger partial charge in [0.1, 0.15) is 0 Å². The summed E-state index contributed by atoms with van der Waals surface area (Å²) in [5.41, 5.74) is 2.31. The number of fused-ring (bicyclic) bond motifs is 1. The zero-order valence-corrected chi connectivity index (χ0v) is 9.68. The number of methoxy groups -OCH3 is 1. The summed E-state index contributed by atoms with van der Waals surface area (Å²) in [5.74, 6) is -0.337. The molecule has 4 heteroatoms. The van der Waals surface area contributed by atoms with Crippen molar-refractivity contribution in [3.05, 3.63) is 47.5 Å². The molecule has 0 fully saturated rings. The van der Waals surface area contributed by atoms with E-state index in [2.05, 4.69) is 6.92 Å². The molecule has 0 aliphatic carbocycles. The Morgan fingerprint density at radius 1 is 1.53 bits per heavy atom. The number of nitrogens with zero attached hydrogens (tertiary/aromatic N) is 1. The highest BCUT2D eigenvalue weighted by Gasteiger charge is 2.07. The zero-order valence-electron chi connectivity index (χ0n) is 9.68. The minimum absolute atomic E-state index is 0.337. The molecular weight excluding hydrogens is 218 g/mol. The number of aromatic nitrogens is 1. The normalized spacial score (nSPS) is 11.4.